The zero-order valence-corrected chi connectivity index (χ0v) is 31.9. The molecule has 5 amide bonds. The van der Waals surface area contributed by atoms with Crippen LogP contribution in [0.1, 0.15) is 81.3 Å². The van der Waals surface area contributed by atoms with E-state index >= 15 is 0 Å². The number of piperazine rings is 1. The third-order valence-corrected chi connectivity index (χ3v) is 10.8. The molecule has 6 rings (SSSR count). The molecule has 1 saturated carbocycles. The number of nitrogens with one attached hydrogen (secondary N) is 2. The maximum Gasteiger partial charge on any atom is 0.409 e. The van der Waals surface area contributed by atoms with Crippen molar-refractivity contribution in [3.63, 3.8) is 0 Å². The fraction of sp³-hybridized carbons (Fsp3) is 0.615. The van der Waals surface area contributed by atoms with Crippen molar-refractivity contribution in [3.8, 4) is 5.75 Å². The Labute approximate surface area is 320 Å². The smallest absolute Gasteiger partial charge is 0.409 e. The highest BCUT2D eigenvalue weighted by Gasteiger charge is 2.37. The molecule has 2 N–H and O–H groups in total. The molecule has 3 saturated heterocycles. The molecule has 1 aromatic heterocycles. The van der Waals surface area contributed by atoms with Crippen molar-refractivity contribution in [2.24, 2.45) is 0 Å². The molecule has 4 fully saturated rings. The number of hydrogen-bond donors (Lipinski definition) is 2. The van der Waals surface area contributed by atoms with Gasteiger partial charge >= 0.3 is 12.1 Å². The molecule has 4 aliphatic rings. The van der Waals surface area contributed by atoms with Gasteiger partial charge in [0.15, 0.2) is 6.61 Å². The standard InChI is InChI=1S/C39H52N6O10/c1-4-52-38(51)44-18-16-43(17-19-44)37(50)28(12-13-34(47)54-24-39(3)14-20-55-39)42-35(48)30-22-32(27-11-10-25(2)21-29(27)41-30)53-23-33(46)45-15-6-9-31(45)36(49)40-26-7-5-8-26/h10-11,21-22,26,28,31H,4-9,12-20,23-24H2,1-3H3,(H,40,49)(H,42,48)/t28-,31-,39?/m0/s1. The Bertz CT molecular complexity index is 1770. The summed E-state index contributed by atoms with van der Waals surface area (Å²) in [5.41, 5.74) is 0.749. The molecule has 3 aliphatic heterocycles. The highest BCUT2D eigenvalue weighted by atomic mass is 16.6. The SMILES string of the molecule is CCOC(=O)N1CCN(C(=O)[C@H](CCC(=O)OCC2(C)CCO2)NC(=O)c2cc(OCC(=O)N3CCC[C@H]3C(=O)NC3CCC3)c3ccc(C)cc3n2)CC1. The van der Waals surface area contributed by atoms with Gasteiger partial charge in [-0.3, -0.25) is 24.0 Å². The van der Waals surface area contributed by atoms with Crippen LogP contribution in [0.5, 0.6) is 5.75 Å². The first-order valence-corrected chi connectivity index (χ1v) is 19.4. The minimum absolute atomic E-state index is 0.0467. The van der Waals surface area contributed by atoms with Crippen molar-refractivity contribution < 1.29 is 47.7 Å². The molecule has 1 aliphatic carbocycles. The van der Waals surface area contributed by atoms with Gasteiger partial charge in [-0.25, -0.2) is 9.78 Å². The number of aromatic nitrogens is 1. The molecule has 298 valence electrons. The lowest BCUT2D eigenvalue weighted by Gasteiger charge is -2.37. The highest BCUT2D eigenvalue weighted by molar-refractivity contribution is 5.99. The van der Waals surface area contributed by atoms with E-state index in [9.17, 15) is 28.8 Å². The van der Waals surface area contributed by atoms with Gasteiger partial charge in [-0.1, -0.05) is 6.07 Å². The van der Waals surface area contributed by atoms with Gasteiger partial charge in [-0.05, 0) is 77.0 Å². The molecule has 55 heavy (non-hydrogen) atoms. The van der Waals surface area contributed by atoms with E-state index in [1.54, 1.807) is 28.9 Å². The lowest BCUT2D eigenvalue weighted by molar-refractivity contribution is -0.181. The van der Waals surface area contributed by atoms with Crippen LogP contribution in [0, 0.1) is 6.92 Å². The number of amides is 5. The number of carbonyl (C=O) groups excluding carboxylic acids is 6. The molecule has 3 atom stereocenters. The van der Waals surface area contributed by atoms with Crippen LogP contribution in [0.4, 0.5) is 4.79 Å². The number of benzene rings is 1. The number of pyridine rings is 1. The Morgan fingerprint density at radius 3 is 2.40 bits per heavy atom. The van der Waals surface area contributed by atoms with Gasteiger partial charge in [0.1, 0.15) is 35.7 Å². The maximum atomic E-state index is 13.9. The molecule has 0 spiro atoms. The molecular formula is C39H52N6O10. The summed E-state index contributed by atoms with van der Waals surface area (Å²) in [6.45, 7) is 7.40. The number of nitrogens with zero attached hydrogens (tertiary/aromatic N) is 4. The Morgan fingerprint density at radius 2 is 1.73 bits per heavy atom. The van der Waals surface area contributed by atoms with E-state index in [-0.39, 0.29) is 88.1 Å². The van der Waals surface area contributed by atoms with E-state index in [4.69, 9.17) is 18.9 Å². The van der Waals surface area contributed by atoms with E-state index in [1.165, 1.54) is 11.0 Å². The van der Waals surface area contributed by atoms with E-state index in [0.29, 0.717) is 36.9 Å². The average molecular weight is 765 g/mol. The average Bonchev–Trinajstić information content (AvgIpc) is 3.65. The third kappa shape index (κ3) is 9.82. The number of fused-ring (bicyclic) bond motifs is 1. The van der Waals surface area contributed by atoms with Crippen LogP contribution in [0.3, 0.4) is 0 Å². The summed E-state index contributed by atoms with van der Waals surface area (Å²) in [5, 5.41) is 6.42. The number of likely N-dealkylation sites (tertiary alicyclic amines) is 1. The van der Waals surface area contributed by atoms with Crippen molar-refractivity contribution in [2.45, 2.75) is 95.9 Å². The Morgan fingerprint density at radius 1 is 0.982 bits per heavy atom. The van der Waals surface area contributed by atoms with E-state index in [2.05, 4.69) is 15.6 Å². The minimum atomic E-state index is -1.12. The van der Waals surface area contributed by atoms with Crippen LogP contribution >= 0.6 is 0 Å². The third-order valence-electron chi connectivity index (χ3n) is 10.8. The largest absolute Gasteiger partial charge is 0.483 e. The second-order valence-electron chi connectivity index (χ2n) is 15.0. The Balaban J connectivity index is 1.16. The van der Waals surface area contributed by atoms with Crippen LogP contribution in [0.25, 0.3) is 10.9 Å². The molecule has 2 aromatic rings. The van der Waals surface area contributed by atoms with Crippen molar-refractivity contribution in [1.82, 2.24) is 30.3 Å². The lowest BCUT2D eigenvalue weighted by Crippen LogP contribution is -2.56. The topological polar surface area (TPSA) is 186 Å². The Hall–Kier alpha value is -4.99. The molecule has 1 aromatic carbocycles. The Kier molecular flexibility index (Phi) is 12.7. The summed E-state index contributed by atoms with van der Waals surface area (Å²) in [6.07, 6.45) is 4.39. The van der Waals surface area contributed by atoms with Crippen molar-refractivity contribution in [2.75, 3.05) is 59.2 Å². The molecular weight excluding hydrogens is 712 g/mol. The molecule has 0 bridgehead atoms. The van der Waals surface area contributed by atoms with Gasteiger partial charge in [0, 0.05) is 63.1 Å². The molecule has 0 radical (unpaired) electrons. The summed E-state index contributed by atoms with van der Waals surface area (Å²) in [5.74, 6) is -1.87. The molecule has 4 heterocycles. The highest BCUT2D eigenvalue weighted by Crippen LogP contribution is 2.29. The van der Waals surface area contributed by atoms with Crippen molar-refractivity contribution in [1.29, 1.82) is 0 Å². The van der Waals surface area contributed by atoms with E-state index < -0.39 is 41.6 Å². The van der Waals surface area contributed by atoms with Crippen molar-refractivity contribution >= 4 is 46.6 Å². The summed E-state index contributed by atoms with van der Waals surface area (Å²) >= 11 is 0. The number of carbonyl (C=O) groups is 6. The van der Waals surface area contributed by atoms with Gasteiger partial charge in [-0.2, -0.15) is 0 Å². The fourth-order valence-corrected chi connectivity index (χ4v) is 7.12. The number of rotatable bonds is 14. The van der Waals surface area contributed by atoms with Crippen LogP contribution in [-0.2, 0) is 33.4 Å². The first-order valence-electron chi connectivity index (χ1n) is 19.4. The zero-order valence-electron chi connectivity index (χ0n) is 31.9. The van der Waals surface area contributed by atoms with Gasteiger partial charge in [0.25, 0.3) is 11.8 Å². The monoisotopic (exact) mass is 764 g/mol. The number of hydrogen-bond acceptors (Lipinski definition) is 11. The second-order valence-corrected chi connectivity index (χ2v) is 15.0. The van der Waals surface area contributed by atoms with Crippen molar-refractivity contribution in [3.05, 3.63) is 35.5 Å². The summed E-state index contributed by atoms with van der Waals surface area (Å²) in [7, 11) is 0. The summed E-state index contributed by atoms with van der Waals surface area (Å²) in [6, 6.07) is 5.38. The van der Waals surface area contributed by atoms with Crippen LogP contribution in [0.15, 0.2) is 24.3 Å². The number of aryl methyl sites for hydroxylation is 1. The molecule has 16 nitrogen and oxygen atoms in total. The second kappa shape index (κ2) is 17.6. The van der Waals surface area contributed by atoms with Crippen LogP contribution in [-0.4, -0.2) is 138 Å². The first kappa shape index (κ1) is 39.7. The lowest BCUT2D eigenvalue weighted by atomic mass is 9.93. The quantitative estimate of drug-likeness (QED) is 0.269. The van der Waals surface area contributed by atoms with E-state index in [1.807, 2.05) is 19.9 Å². The molecule has 1 unspecified atom stereocenters. The zero-order chi connectivity index (χ0) is 39.1. The summed E-state index contributed by atoms with van der Waals surface area (Å²) < 4.78 is 22.1. The van der Waals surface area contributed by atoms with E-state index in [0.717, 1.165) is 31.2 Å². The number of esters is 1. The maximum absolute atomic E-state index is 13.9. The van der Waals surface area contributed by atoms with Crippen LogP contribution in [0.2, 0.25) is 0 Å². The predicted octanol–water partition coefficient (Wildman–Crippen LogP) is 2.48. The first-order chi connectivity index (χ1) is 26.4. The molecule has 16 heteroatoms. The van der Waals surface area contributed by atoms with Gasteiger partial charge < -0.3 is 44.3 Å². The normalized spacial score (nSPS) is 21.6. The minimum Gasteiger partial charge on any atom is -0.483 e. The van der Waals surface area contributed by atoms with Crippen LogP contribution < -0.4 is 15.4 Å². The number of ether oxygens (including phenoxy) is 4. The summed E-state index contributed by atoms with van der Waals surface area (Å²) in [4.78, 5) is 88.5. The predicted molar refractivity (Wildman–Crippen MR) is 198 cm³/mol. The fourth-order valence-electron chi connectivity index (χ4n) is 7.12. The van der Waals surface area contributed by atoms with Gasteiger partial charge in [0.05, 0.1) is 18.7 Å². The van der Waals surface area contributed by atoms with Gasteiger partial charge in [-0.15, -0.1) is 0 Å². The van der Waals surface area contributed by atoms with Gasteiger partial charge in [0.2, 0.25) is 11.8 Å².